The summed E-state index contributed by atoms with van der Waals surface area (Å²) in [7, 11) is 0. The lowest BCUT2D eigenvalue weighted by Gasteiger charge is -2.12. The molecular formula is C27H23ClFNO4. The number of nitrogens with one attached hydrogen (secondary N) is 1. The van der Waals surface area contributed by atoms with E-state index in [0.29, 0.717) is 33.3 Å². The van der Waals surface area contributed by atoms with Gasteiger partial charge in [0.1, 0.15) is 5.82 Å². The predicted molar refractivity (Wildman–Crippen MR) is 128 cm³/mol. The predicted octanol–water partition coefficient (Wildman–Crippen LogP) is 6.17. The lowest BCUT2D eigenvalue weighted by atomic mass is 9.94. The molecule has 1 fully saturated rings. The normalized spacial score (nSPS) is 12.9. The Labute approximate surface area is 201 Å². The number of amides is 1. The van der Waals surface area contributed by atoms with Crippen LogP contribution in [0.1, 0.15) is 68.2 Å². The minimum atomic E-state index is -1.04. The summed E-state index contributed by atoms with van der Waals surface area (Å²) in [4.78, 5) is 36.9. The molecule has 7 heteroatoms. The first kappa shape index (κ1) is 23.6. The van der Waals surface area contributed by atoms with Crippen molar-refractivity contribution in [2.75, 3.05) is 5.32 Å². The number of carbonyl (C=O) groups is 3. The molecule has 174 valence electrons. The molecule has 1 saturated carbocycles. The van der Waals surface area contributed by atoms with E-state index in [0.717, 1.165) is 18.4 Å². The molecule has 3 aromatic carbocycles. The fraction of sp³-hybridized carbons (Fsp3) is 0.222. The molecule has 0 aliphatic heterocycles. The summed E-state index contributed by atoms with van der Waals surface area (Å²) < 4.78 is 14.2. The van der Waals surface area contributed by atoms with Gasteiger partial charge >= 0.3 is 5.97 Å². The summed E-state index contributed by atoms with van der Waals surface area (Å²) >= 11 is 6.15. The number of aromatic carboxylic acids is 1. The van der Waals surface area contributed by atoms with E-state index < -0.39 is 11.8 Å². The minimum absolute atomic E-state index is 0.0957. The highest BCUT2D eigenvalue weighted by Crippen LogP contribution is 2.40. The van der Waals surface area contributed by atoms with Crippen LogP contribution in [0.5, 0.6) is 0 Å². The number of aryl methyl sites for hydroxylation is 2. The molecule has 0 bridgehead atoms. The number of benzene rings is 3. The maximum absolute atomic E-state index is 14.2. The molecule has 3 aromatic rings. The summed E-state index contributed by atoms with van der Waals surface area (Å²) in [5.41, 5.74) is 3.37. The molecular weight excluding hydrogens is 457 g/mol. The first-order valence-electron chi connectivity index (χ1n) is 11.0. The monoisotopic (exact) mass is 479 g/mol. The van der Waals surface area contributed by atoms with Gasteiger partial charge in [-0.05, 0) is 97.3 Å². The van der Waals surface area contributed by atoms with Gasteiger partial charge in [0.2, 0.25) is 5.91 Å². The molecule has 4 rings (SSSR count). The van der Waals surface area contributed by atoms with E-state index in [-0.39, 0.29) is 35.7 Å². The molecule has 2 N–H and O–H groups in total. The van der Waals surface area contributed by atoms with Crippen LogP contribution in [0.25, 0.3) is 0 Å². The van der Waals surface area contributed by atoms with Crippen molar-refractivity contribution >= 4 is 34.9 Å². The Balaban J connectivity index is 1.50. The maximum atomic E-state index is 14.2. The van der Waals surface area contributed by atoms with Crippen LogP contribution in [-0.2, 0) is 11.2 Å². The Bertz CT molecular complexity index is 1300. The molecule has 0 aromatic heterocycles. The second kappa shape index (κ2) is 9.77. The van der Waals surface area contributed by atoms with Crippen LogP contribution in [0.3, 0.4) is 0 Å². The molecule has 5 nitrogen and oxygen atoms in total. The van der Waals surface area contributed by atoms with E-state index in [1.54, 1.807) is 37.3 Å². The first-order valence-corrected chi connectivity index (χ1v) is 11.4. The highest BCUT2D eigenvalue weighted by Gasteiger charge is 2.26. The molecule has 1 amide bonds. The highest BCUT2D eigenvalue weighted by atomic mass is 35.5. The van der Waals surface area contributed by atoms with Gasteiger partial charge in [-0.1, -0.05) is 17.7 Å². The van der Waals surface area contributed by atoms with Crippen LogP contribution in [-0.4, -0.2) is 22.8 Å². The number of carboxylic acid groups (broad SMARTS) is 1. The average molecular weight is 480 g/mol. The van der Waals surface area contributed by atoms with Gasteiger partial charge < -0.3 is 10.4 Å². The fourth-order valence-electron chi connectivity index (χ4n) is 3.93. The van der Waals surface area contributed by atoms with Crippen molar-refractivity contribution in [3.63, 3.8) is 0 Å². The van der Waals surface area contributed by atoms with Crippen LogP contribution < -0.4 is 5.32 Å². The Hall–Kier alpha value is -3.51. The second-order valence-electron chi connectivity index (χ2n) is 8.56. The quantitative estimate of drug-likeness (QED) is 0.379. The van der Waals surface area contributed by atoms with Gasteiger partial charge in [0, 0.05) is 28.3 Å². The van der Waals surface area contributed by atoms with Gasteiger partial charge in [-0.25, -0.2) is 9.18 Å². The number of rotatable bonds is 8. The van der Waals surface area contributed by atoms with Crippen molar-refractivity contribution in [1.29, 1.82) is 0 Å². The molecule has 1 aliphatic carbocycles. The second-order valence-corrected chi connectivity index (χ2v) is 9.00. The lowest BCUT2D eigenvalue weighted by Crippen LogP contribution is -2.15. The van der Waals surface area contributed by atoms with Gasteiger partial charge in [0.05, 0.1) is 5.56 Å². The average Bonchev–Trinajstić information content (AvgIpc) is 3.64. The zero-order valence-electron chi connectivity index (χ0n) is 18.5. The van der Waals surface area contributed by atoms with E-state index in [4.69, 9.17) is 16.7 Å². The molecule has 0 spiro atoms. The zero-order chi connectivity index (χ0) is 24.4. The van der Waals surface area contributed by atoms with Crippen LogP contribution in [0.2, 0.25) is 5.02 Å². The third-order valence-electron chi connectivity index (χ3n) is 5.92. The van der Waals surface area contributed by atoms with E-state index in [1.807, 2.05) is 0 Å². The molecule has 0 saturated heterocycles. The van der Waals surface area contributed by atoms with E-state index in [9.17, 15) is 18.8 Å². The number of carboxylic acids is 1. The third-order valence-corrected chi connectivity index (χ3v) is 6.15. The smallest absolute Gasteiger partial charge is 0.335 e. The van der Waals surface area contributed by atoms with Crippen molar-refractivity contribution in [3.05, 3.63) is 98.8 Å². The standard InChI is InChI=1S/C27H23ClFNO4/c1-15-10-18(27(33)34)5-8-24(15)30-25(31)9-6-17-4-7-21(28)14-23(17)26(32)20-11-19(16-2-3-16)12-22(29)13-20/h4-5,7-8,10-14,16H,2-3,6,9H2,1H3,(H,30,31)(H,33,34). The van der Waals surface area contributed by atoms with Crippen molar-refractivity contribution < 1.29 is 23.9 Å². The number of hydrogen-bond donors (Lipinski definition) is 2. The summed E-state index contributed by atoms with van der Waals surface area (Å²) in [6, 6.07) is 13.8. The Kier molecular flexibility index (Phi) is 6.80. The summed E-state index contributed by atoms with van der Waals surface area (Å²) in [5.74, 6) is -1.79. The Morgan fingerprint density at radius 1 is 1.03 bits per heavy atom. The largest absolute Gasteiger partial charge is 0.478 e. The van der Waals surface area contributed by atoms with Gasteiger partial charge in [-0.3, -0.25) is 9.59 Å². The van der Waals surface area contributed by atoms with Crippen molar-refractivity contribution in [2.24, 2.45) is 0 Å². The molecule has 0 heterocycles. The number of ketones is 1. The summed E-state index contributed by atoms with van der Waals surface area (Å²) in [5, 5.41) is 12.2. The van der Waals surface area contributed by atoms with Crippen LogP contribution in [0.15, 0.2) is 54.6 Å². The van der Waals surface area contributed by atoms with Crippen molar-refractivity contribution in [1.82, 2.24) is 0 Å². The Morgan fingerprint density at radius 2 is 1.79 bits per heavy atom. The molecule has 1 aliphatic rings. The third kappa shape index (κ3) is 5.51. The van der Waals surface area contributed by atoms with Gasteiger partial charge in [0.25, 0.3) is 0 Å². The van der Waals surface area contributed by atoms with Crippen molar-refractivity contribution in [3.8, 4) is 0 Å². The van der Waals surface area contributed by atoms with E-state index in [1.165, 1.54) is 24.3 Å². The van der Waals surface area contributed by atoms with E-state index >= 15 is 0 Å². The SMILES string of the molecule is Cc1cc(C(=O)O)ccc1NC(=O)CCc1ccc(Cl)cc1C(=O)c1cc(F)cc(C2CC2)c1. The van der Waals surface area contributed by atoms with Crippen molar-refractivity contribution in [2.45, 2.75) is 38.5 Å². The number of anilines is 1. The van der Waals surface area contributed by atoms with Gasteiger partial charge in [0.15, 0.2) is 5.78 Å². The van der Waals surface area contributed by atoms with E-state index in [2.05, 4.69) is 5.32 Å². The summed E-state index contributed by atoms with van der Waals surface area (Å²) in [6.07, 6.45) is 2.36. The number of halogens is 2. The van der Waals surface area contributed by atoms with Gasteiger partial charge in [-0.2, -0.15) is 0 Å². The molecule has 0 atom stereocenters. The number of hydrogen-bond acceptors (Lipinski definition) is 3. The number of carbonyl (C=O) groups excluding carboxylic acids is 2. The molecule has 0 unspecified atom stereocenters. The van der Waals surface area contributed by atoms with Crippen LogP contribution in [0.4, 0.5) is 10.1 Å². The Morgan fingerprint density at radius 3 is 2.47 bits per heavy atom. The summed E-state index contributed by atoms with van der Waals surface area (Å²) in [6.45, 7) is 1.72. The highest BCUT2D eigenvalue weighted by molar-refractivity contribution is 6.31. The lowest BCUT2D eigenvalue weighted by molar-refractivity contribution is -0.116. The zero-order valence-corrected chi connectivity index (χ0v) is 19.3. The van der Waals surface area contributed by atoms with Crippen LogP contribution in [0, 0.1) is 12.7 Å². The van der Waals surface area contributed by atoms with Crippen LogP contribution >= 0.6 is 11.6 Å². The fourth-order valence-corrected chi connectivity index (χ4v) is 4.10. The molecule has 0 radical (unpaired) electrons. The minimum Gasteiger partial charge on any atom is -0.478 e. The van der Waals surface area contributed by atoms with Gasteiger partial charge in [-0.15, -0.1) is 0 Å². The molecule has 34 heavy (non-hydrogen) atoms. The first-order chi connectivity index (χ1) is 16.2. The topological polar surface area (TPSA) is 83.5 Å². The maximum Gasteiger partial charge on any atom is 0.335 e.